The molecule has 2 rings (SSSR count). The van der Waals surface area contributed by atoms with E-state index in [-0.39, 0.29) is 12.1 Å². The Morgan fingerprint density at radius 3 is 2.53 bits per heavy atom. The average molecular weight is 248 g/mol. The van der Waals surface area contributed by atoms with Crippen molar-refractivity contribution in [3.63, 3.8) is 0 Å². The van der Waals surface area contributed by atoms with Crippen molar-refractivity contribution in [3.8, 4) is 0 Å². The molecule has 17 heavy (non-hydrogen) atoms. The zero-order chi connectivity index (χ0) is 12.6. The van der Waals surface area contributed by atoms with Gasteiger partial charge in [-0.1, -0.05) is 0 Å². The lowest BCUT2D eigenvalue weighted by molar-refractivity contribution is -0.113. The number of halogens is 2. The summed E-state index contributed by atoms with van der Waals surface area (Å²) < 4.78 is 25.3. The van der Waals surface area contributed by atoms with Crippen LogP contribution in [0.4, 0.5) is 13.6 Å². The number of amides is 2. The molecule has 2 heterocycles. The lowest BCUT2D eigenvalue weighted by Crippen LogP contribution is -2.61. The number of nitrogens with zero attached hydrogens (tertiary/aromatic N) is 3. The molecular weight excluding hydrogens is 230 g/mol. The molecule has 0 saturated carbocycles. The molecule has 0 spiro atoms. The van der Waals surface area contributed by atoms with E-state index in [2.05, 4.69) is 5.43 Å². The van der Waals surface area contributed by atoms with Crippen molar-refractivity contribution in [2.75, 3.05) is 40.3 Å². The fraction of sp³-hybridized carbons (Fsp3) is 0.900. The van der Waals surface area contributed by atoms with Crippen molar-refractivity contribution < 1.29 is 13.6 Å². The molecule has 2 saturated heterocycles. The third-order valence-corrected chi connectivity index (χ3v) is 3.01. The Labute approximate surface area is 99.3 Å². The minimum Gasteiger partial charge on any atom is -0.323 e. The molecule has 2 aliphatic rings. The van der Waals surface area contributed by atoms with Crippen molar-refractivity contribution in [1.29, 1.82) is 0 Å². The predicted molar refractivity (Wildman–Crippen MR) is 58.7 cm³/mol. The fourth-order valence-corrected chi connectivity index (χ4v) is 2.25. The van der Waals surface area contributed by atoms with E-state index in [1.807, 2.05) is 19.1 Å². The molecule has 1 atom stereocenters. The Balaban J connectivity index is 1.79. The Kier molecular flexibility index (Phi) is 3.22. The van der Waals surface area contributed by atoms with E-state index in [9.17, 15) is 13.6 Å². The molecule has 0 aliphatic carbocycles. The van der Waals surface area contributed by atoms with E-state index >= 15 is 0 Å². The fourth-order valence-electron chi connectivity index (χ4n) is 2.25. The summed E-state index contributed by atoms with van der Waals surface area (Å²) in [4.78, 5) is 14.7. The van der Waals surface area contributed by atoms with Crippen LogP contribution in [-0.4, -0.2) is 73.1 Å². The lowest BCUT2D eigenvalue weighted by Gasteiger charge is -2.40. The highest BCUT2D eigenvalue weighted by Gasteiger charge is 2.48. The molecule has 0 radical (unpaired) electrons. The van der Waals surface area contributed by atoms with Crippen molar-refractivity contribution in [1.82, 2.24) is 20.2 Å². The van der Waals surface area contributed by atoms with Gasteiger partial charge in [-0.3, -0.25) is 10.4 Å². The highest BCUT2D eigenvalue weighted by atomic mass is 19.3. The van der Waals surface area contributed by atoms with Crippen molar-refractivity contribution >= 4 is 6.03 Å². The van der Waals surface area contributed by atoms with Crippen molar-refractivity contribution in [2.24, 2.45) is 0 Å². The van der Waals surface area contributed by atoms with Gasteiger partial charge in [0, 0.05) is 33.2 Å². The summed E-state index contributed by atoms with van der Waals surface area (Å²) in [7, 11) is 3.78. The maximum Gasteiger partial charge on any atom is 0.320 e. The number of carbonyl (C=O) groups is 1. The minimum atomic E-state index is -2.68. The molecule has 5 nitrogen and oxygen atoms in total. The zero-order valence-corrected chi connectivity index (χ0v) is 10.1. The van der Waals surface area contributed by atoms with E-state index < -0.39 is 19.0 Å². The van der Waals surface area contributed by atoms with Crippen molar-refractivity contribution in [3.05, 3.63) is 0 Å². The largest absolute Gasteiger partial charge is 0.323 e. The second-order valence-corrected chi connectivity index (χ2v) is 4.95. The predicted octanol–water partition coefficient (Wildman–Crippen LogP) is 0.198. The van der Waals surface area contributed by atoms with Crippen LogP contribution in [0.3, 0.4) is 0 Å². The number of hydrogen-bond donors (Lipinski definition) is 1. The third-order valence-electron chi connectivity index (χ3n) is 3.01. The molecule has 0 aromatic heterocycles. The molecule has 2 aliphatic heterocycles. The second kappa shape index (κ2) is 4.38. The van der Waals surface area contributed by atoms with E-state index in [0.717, 1.165) is 6.42 Å². The summed E-state index contributed by atoms with van der Waals surface area (Å²) in [6.45, 7) is 0.341. The molecular formula is C10H18F2N4O. The van der Waals surface area contributed by atoms with Crippen LogP contribution in [0.15, 0.2) is 0 Å². The molecule has 0 aromatic rings. The van der Waals surface area contributed by atoms with E-state index in [1.165, 1.54) is 4.90 Å². The zero-order valence-electron chi connectivity index (χ0n) is 10.1. The first-order valence-corrected chi connectivity index (χ1v) is 5.72. The normalized spacial score (nSPS) is 27.5. The van der Waals surface area contributed by atoms with Crippen LogP contribution in [0, 0.1) is 0 Å². The van der Waals surface area contributed by atoms with E-state index in [4.69, 9.17) is 0 Å². The van der Waals surface area contributed by atoms with Gasteiger partial charge in [0.25, 0.3) is 5.92 Å². The van der Waals surface area contributed by atoms with E-state index in [1.54, 1.807) is 4.90 Å². The Hall–Kier alpha value is -0.950. The Bertz CT molecular complexity index is 303. The lowest BCUT2D eigenvalue weighted by atomic mass is 10.2. The number of alkyl halides is 2. The quantitative estimate of drug-likeness (QED) is 0.709. The topological polar surface area (TPSA) is 38.8 Å². The van der Waals surface area contributed by atoms with Gasteiger partial charge < -0.3 is 9.80 Å². The van der Waals surface area contributed by atoms with Crippen LogP contribution in [0.25, 0.3) is 0 Å². The number of carbonyl (C=O) groups excluding carboxylic acids is 1. The highest BCUT2D eigenvalue weighted by molar-refractivity contribution is 5.76. The van der Waals surface area contributed by atoms with Crippen LogP contribution in [0.1, 0.15) is 6.42 Å². The summed E-state index contributed by atoms with van der Waals surface area (Å²) in [6.07, 6.45) is 0.855. The minimum absolute atomic E-state index is 0.218. The van der Waals surface area contributed by atoms with Crippen LogP contribution in [0.2, 0.25) is 0 Å². The molecule has 0 unspecified atom stereocenters. The molecule has 2 fully saturated rings. The van der Waals surface area contributed by atoms with Gasteiger partial charge in [0.1, 0.15) is 0 Å². The summed E-state index contributed by atoms with van der Waals surface area (Å²) in [5.74, 6) is -2.68. The van der Waals surface area contributed by atoms with Crippen molar-refractivity contribution in [2.45, 2.75) is 18.4 Å². The van der Waals surface area contributed by atoms with Gasteiger partial charge in [0.05, 0.1) is 13.1 Å². The van der Waals surface area contributed by atoms with Crippen LogP contribution in [0.5, 0.6) is 0 Å². The first-order chi connectivity index (χ1) is 7.87. The summed E-state index contributed by atoms with van der Waals surface area (Å²) in [5.41, 5.74) is 3.19. The standard InChI is InChI=1S/C10H18F2N4O/c1-14(2)13-8-3-4-15(5-8)9(17)16-6-10(11,12)7-16/h8,13H,3-7H2,1-2H3/t8-/m1/s1. The summed E-state index contributed by atoms with van der Waals surface area (Å²) in [6, 6.07) is -0.0466. The molecule has 0 bridgehead atoms. The number of hydrazine groups is 1. The first kappa shape index (κ1) is 12.5. The van der Waals surface area contributed by atoms with Gasteiger partial charge in [0.2, 0.25) is 0 Å². The molecule has 98 valence electrons. The van der Waals surface area contributed by atoms with Gasteiger partial charge in [-0.15, -0.1) is 0 Å². The smallest absolute Gasteiger partial charge is 0.320 e. The number of urea groups is 1. The molecule has 0 aromatic carbocycles. The SMILES string of the molecule is CN(C)N[C@@H]1CCN(C(=O)N2CC(F)(F)C2)C1. The molecule has 7 heteroatoms. The Morgan fingerprint density at radius 2 is 2.00 bits per heavy atom. The van der Waals surface area contributed by atoms with Crippen LogP contribution in [-0.2, 0) is 0 Å². The molecule has 1 N–H and O–H groups in total. The second-order valence-electron chi connectivity index (χ2n) is 4.95. The number of hydrogen-bond acceptors (Lipinski definition) is 3. The maximum absolute atomic E-state index is 12.7. The Morgan fingerprint density at radius 1 is 1.35 bits per heavy atom. The van der Waals surface area contributed by atoms with E-state index in [0.29, 0.717) is 13.1 Å². The van der Waals surface area contributed by atoms with Gasteiger partial charge in [-0.2, -0.15) is 0 Å². The maximum atomic E-state index is 12.7. The van der Waals surface area contributed by atoms with Gasteiger partial charge in [-0.05, 0) is 6.42 Å². The number of likely N-dealkylation sites (tertiary alicyclic amines) is 2. The third kappa shape index (κ3) is 2.84. The highest BCUT2D eigenvalue weighted by Crippen LogP contribution is 2.28. The summed E-state index contributed by atoms with van der Waals surface area (Å²) >= 11 is 0. The number of rotatable bonds is 2. The van der Waals surface area contributed by atoms with Gasteiger partial charge in [-0.25, -0.2) is 13.6 Å². The molecule has 2 amide bonds. The monoisotopic (exact) mass is 248 g/mol. The first-order valence-electron chi connectivity index (χ1n) is 5.72. The van der Waals surface area contributed by atoms with Crippen LogP contribution < -0.4 is 5.43 Å². The number of nitrogens with one attached hydrogen (secondary N) is 1. The average Bonchev–Trinajstić information content (AvgIpc) is 2.60. The summed E-state index contributed by atoms with van der Waals surface area (Å²) in [5, 5.41) is 1.84. The van der Waals surface area contributed by atoms with Crippen LogP contribution >= 0.6 is 0 Å². The van der Waals surface area contributed by atoms with Gasteiger partial charge in [0.15, 0.2) is 0 Å². The van der Waals surface area contributed by atoms with Gasteiger partial charge >= 0.3 is 6.03 Å².